The summed E-state index contributed by atoms with van der Waals surface area (Å²) in [5.41, 5.74) is 0. The zero-order valence-corrected chi connectivity index (χ0v) is 20.4. The third kappa shape index (κ3) is 19.6. The van der Waals surface area contributed by atoms with Gasteiger partial charge in [-0.25, -0.2) is 8.42 Å². The Hall–Kier alpha value is 0.870. The summed E-state index contributed by atoms with van der Waals surface area (Å²) in [6.07, 6.45) is 17.4. The molecule has 6 heteroatoms. The fourth-order valence-electron chi connectivity index (χ4n) is 3.14. The Kier molecular flexibility index (Phi) is 21.5. The Morgan fingerprint density at radius 1 is 0.731 bits per heavy atom. The van der Waals surface area contributed by atoms with Gasteiger partial charge in [0.15, 0.2) is 0 Å². The molecule has 0 saturated heterocycles. The second-order valence-corrected chi connectivity index (χ2v) is 9.36. The van der Waals surface area contributed by atoms with Gasteiger partial charge in [-0.2, -0.15) is 0 Å². The summed E-state index contributed by atoms with van der Waals surface area (Å²) in [5, 5.41) is 9.22. The number of aliphatic hydroxyl groups is 1. The minimum Gasteiger partial charge on any atom is -0.748 e. The first-order valence-corrected chi connectivity index (χ1v) is 12.0. The first-order valence-electron chi connectivity index (χ1n) is 10.5. The molecular formula is C20H41NaO4S. The van der Waals surface area contributed by atoms with Gasteiger partial charge >= 0.3 is 29.6 Å². The summed E-state index contributed by atoms with van der Waals surface area (Å²) in [6, 6.07) is 0. The molecule has 0 rings (SSSR count). The minimum atomic E-state index is -4.11. The van der Waals surface area contributed by atoms with E-state index >= 15 is 0 Å². The van der Waals surface area contributed by atoms with Gasteiger partial charge < -0.3 is 9.66 Å². The molecule has 0 aliphatic carbocycles. The molecule has 0 aliphatic heterocycles. The van der Waals surface area contributed by atoms with E-state index in [9.17, 15) is 18.1 Å². The Labute approximate surface area is 185 Å². The van der Waals surface area contributed by atoms with Crippen molar-refractivity contribution in [2.24, 2.45) is 0 Å². The fraction of sp³-hybridized carbons (Fsp3) is 1.00. The molecule has 0 aromatic heterocycles. The number of rotatable bonds is 18. The number of aliphatic hydroxyl groups excluding tert-OH is 1. The van der Waals surface area contributed by atoms with Gasteiger partial charge in [0.25, 0.3) is 0 Å². The van der Waals surface area contributed by atoms with Crippen LogP contribution in [0.2, 0.25) is 0 Å². The Morgan fingerprint density at radius 2 is 1.08 bits per heavy atom. The van der Waals surface area contributed by atoms with Gasteiger partial charge in [0, 0.05) is 5.25 Å². The van der Waals surface area contributed by atoms with Crippen LogP contribution in [0.4, 0.5) is 0 Å². The minimum absolute atomic E-state index is 0. The van der Waals surface area contributed by atoms with Crippen molar-refractivity contribution in [1.82, 2.24) is 0 Å². The van der Waals surface area contributed by atoms with E-state index in [4.69, 9.17) is 0 Å². The molecule has 0 radical (unpaired) electrons. The van der Waals surface area contributed by atoms with Gasteiger partial charge in [-0.3, -0.25) is 0 Å². The molecule has 152 valence electrons. The van der Waals surface area contributed by atoms with E-state index in [1.165, 1.54) is 51.9 Å². The molecule has 4 nitrogen and oxygen atoms in total. The monoisotopic (exact) mass is 400 g/mol. The second-order valence-electron chi connectivity index (χ2n) is 7.57. The largest absolute Gasteiger partial charge is 1.00 e. The molecular weight excluding hydrogens is 359 g/mol. The van der Waals surface area contributed by atoms with Gasteiger partial charge in [0.2, 0.25) is 0 Å². The molecule has 0 bridgehead atoms. The average molecular weight is 401 g/mol. The molecule has 0 saturated carbocycles. The van der Waals surface area contributed by atoms with Crippen LogP contribution < -0.4 is 29.6 Å². The molecule has 2 atom stereocenters. The van der Waals surface area contributed by atoms with Crippen LogP contribution in [-0.4, -0.2) is 29.4 Å². The SMILES string of the molecule is CCCCCCCCCCC(O)CCCCCCCC(C)S(=O)(=O)[O-].[Na+]. The first-order chi connectivity index (χ1) is 11.9. The molecule has 0 aliphatic rings. The van der Waals surface area contributed by atoms with E-state index in [-0.39, 0.29) is 35.7 Å². The summed E-state index contributed by atoms with van der Waals surface area (Å²) < 4.78 is 32.3. The Balaban J connectivity index is 0. The summed E-state index contributed by atoms with van der Waals surface area (Å²) >= 11 is 0. The maximum Gasteiger partial charge on any atom is 1.00 e. The molecule has 0 heterocycles. The Bertz CT molecular complexity index is 387. The second kappa shape index (κ2) is 19.2. The molecule has 0 amide bonds. The van der Waals surface area contributed by atoms with Gasteiger partial charge in [-0.1, -0.05) is 90.4 Å². The van der Waals surface area contributed by atoms with Crippen molar-refractivity contribution in [3.8, 4) is 0 Å². The van der Waals surface area contributed by atoms with E-state index < -0.39 is 15.4 Å². The smallest absolute Gasteiger partial charge is 0.748 e. The van der Waals surface area contributed by atoms with Crippen LogP contribution >= 0.6 is 0 Å². The van der Waals surface area contributed by atoms with Crippen molar-refractivity contribution in [1.29, 1.82) is 0 Å². The topological polar surface area (TPSA) is 77.4 Å². The van der Waals surface area contributed by atoms with Crippen LogP contribution in [-0.2, 0) is 10.1 Å². The maximum atomic E-state index is 10.8. The number of hydrogen-bond donors (Lipinski definition) is 1. The molecule has 0 aromatic carbocycles. The molecule has 1 N–H and O–H groups in total. The van der Waals surface area contributed by atoms with E-state index in [0.717, 1.165) is 51.4 Å². The van der Waals surface area contributed by atoms with Crippen LogP contribution in [0.1, 0.15) is 117 Å². The molecule has 0 aromatic rings. The summed E-state index contributed by atoms with van der Waals surface area (Å²) in [4.78, 5) is 0. The zero-order valence-electron chi connectivity index (χ0n) is 17.5. The van der Waals surface area contributed by atoms with Gasteiger partial charge in [-0.15, -0.1) is 0 Å². The summed E-state index contributed by atoms with van der Waals surface area (Å²) in [5.74, 6) is 0. The molecule has 2 unspecified atom stereocenters. The maximum absolute atomic E-state index is 10.8. The normalized spacial score (nSPS) is 14.0. The van der Waals surface area contributed by atoms with Crippen molar-refractivity contribution in [3.63, 3.8) is 0 Å². The van der Waals surface area contributed by atoms with E-state index in [2.05, 4.69) is 6.92 Å². The van der Waals surface area contributed by atoms with Crippen molar-refractivity contribution >= 4 is 10.1 Å². The standard InChI is InChI=1S/C20H42O4S.Na/c1-3-4-5-6-7-8-11-14-17-20(21)18-15-12-9-10-13-16-19(2)25(22,23)24;/h19-21H,3-18H2,1-2H3,(H,22,23,24);/q;+1/p-1. The first kappa shape index (κ1) is 29.1. The predicted octanol–water partition coefficient (Wildman–Crippen LogP) is 2.55. The van der Waals surface area contributed by atoms with Gasteiger partial charge in [-0.05, 0) is 26.2 Å². The number of unbranched alkanes of at least 4 members (excludes halogenated alkanes) is 11. The Morgan fingerprint density at radius 3 is 1.46 bits per heavy atom. The molecule has 0 spiro atoms. The van der Waals surface area contributed by atoms with Crippen molar-refractivity contribution in [2.75, 3.05) is 0 Å². The fourth-order valence-corrected chi connectivity index (χ4v) is 3.60. The van der Waals surface area contributed by atoms with Crippen molar-refractivity contribution in [2.45, 2.75) is 128 Å². The van der Waals surface area contributed by atoms with Crippen molar-refractivity contribution in [3.05, 3.63) is 0 Å². The average Bonchev–Trinajstić information content (AvgIpc) is 2.55. The third-order valence-electron chi connectivity index (χ3n) is 5.03. The number of hydrogen-bond acceptors (Lipinski definition) is 4. The zero-order chi connectivity index (χ0) is 19.0. The third-order valence-corrected chi connectivity index (χ3v) is 6.25. The van der Waals surface area contributed by atoms with Crippen molar-refractivity contribution < 1.29 is 47.6 Å². The summed E-state index contributed by atoms with van der Waals surface area (Å²) in [6.45, 7) is 3.73. The van der Waals surface area contributed by atoms with Crippen LogP contribution in [0.5, 0.6) is 0 Å². The quantitative estimate of drug-likeness (QED) is 0.218. The van der Waals surface area contributed by atoms with Crippen LogP contribution in [0, 0.1) is 0 Å². The van der Waals surface area contributed by atoms with E-state index in [1.807, 2.05) is 0 Å². The van der Waals surface area contributed by atoms with Crippen LogP contribution in [0.25, 0.3) is 0 Å². The van der Waals surface area contributed by atoms with Crippen LogP contribution in [0.15, 0.2) is 0 Å². The predicted molar refractivity (Wildman–Crippen MR) is 105 cm³/mol. The van der Waals surface area contributed by atoms with Gasteiger partial charge in [0.05, 0.1) is 16.2 Å². The summed E-state index contributed by atoms with van der Waals surface area (Å²) in [7, 11) is -4.11. The van der Waals surface area contributed by atoms with Gasteiger partial charge in [0.1, 0.15) is 0 Å². The van der Waals surface area contributed by atoms with E-state index in [0.29, 0.717) is 6.42 Å². The molecule has 26 heavy (non-hydrogen) atoms. The van der Waals surface area contributed by atoms with Crippen LogP contribution in [0.3, 0.4) is 0 Å². The van der Waals surface area contributed by atoms with E-state index in [1.54, 1.807) is 0 Å². The molecule has 0 fully saturated rings.